The summed E-state index contributed by atoms with van der Waals surface area (Å²) in [7, 11) is -3.76. The minimum Gasteiger partial charge on any atom is -0.321 e. The summed E-state index contributed by atoms with van der Waals surface area (Å²) >= 11 is 7.87. The molecule has 33 heavy (non-hydrogen) atoms. The molecule has 4 aromatic rings. The zero-order valence-corrected chi connectivity index (χ0v) is 19.6. The van der Waals surface area contributed by atoms with Crippen molar-refractivity contribution in [3.8, 4) is 0 Å². The number of para-hydroxylation sites is 1. The Labute approximate surface area is 201 Å². The second kappa shape index (κ2) is 10.1. The van der Waals surface area contributed by atoms with Crippen LogP contribution in [-0.4, -0.2) is 14.3 Å². The summed E-state index contributed by atoms with van der Waals surface area (Å²) in [5.74, 6) is -0.390. The van der Waals surface area contributed by atoms with Gasteiger partial charge in [-0.05, 0) is 54.6 Å². The monoisotopic (exact) mass is 494 g/mol. The SMILES string of the molecule is O=C(Nc1ccccc1Sc1ccccc1)c1ccc(NS(=O)(=O)c2ccccc2)cc1Cl. The van der Waals surface area contributed by atoms with Crippen LogP contribution in [0, 0.1) is 0 Å². The largest absolute Gasteiger partial charge is 0.321 e. The minimum atomic E-state index is -3.76. The second-order valence-corrected chi connectivity index (χ2v) is 10.2. The van der Waals surface area contributed by atoms with Gasteiger partial charge < -0.3 is 5.32 Å². The predicted octanol–water partition coefficient (Wildman–Crippen LogP) is 6.54. The maximum absolute atomic E-state index is 12.9. The van der Waals surface area contributed by atoms with Crippen LogP contribution in [-0.2, 0) is 10.0 Å². The second-order valence-electron chi connectivity index (χ2n) is 6.98. The van der Waals surface area contributed by atoms with E-state index in [1.165, 1.54) is 42.1 Å². The van der Waals surface area contributed by atoms with Gasteiger partial charge in [-0.15, -0.1) is 0 Å². The minimum absolute atomic E-state index is 0.133. The van der Waals surface area contributed by atoms with Crippen LogP contribution in [0.2, 0.25) is 5.02 Å². The smallest absolute Gasteiger partial charge is 0.261 e. The molecule has 2 N–H and O–H groups in total. The Kier molecular flexibility index (Phi) is 7.03. The predicted molar refractivity (Wildman–Crippen MR) is 134 cm³/mol. The number of rotatable bonds is 7. The van der Waals surface area contributed by atoms with Crippen LogP contribution in [0.5, 0.6) is 0 Å². The Morgan fingerprint density at radius 3 is 2.12 bits per heavy atom. The summed E-state index contributed by atoms with van der Waals surface area (Å²) in [4.78, 5) is 15.0. The van der Waals surface area contributed by atoms with Crippen LogP contribution in [0.3, 0.4) is 0 Å². The van der Waals surface area contributed by atoms with Gasteiger partial charge in [0.25, 0.3) is 15.9 Å². The number of hydrogen-bond donors (Lipinski definition) is 2. The summed E-state index contributed by atoms with van der Waals surface area (Å²) in [6.07, 6.45) is 0. The molecule has 1 amide bonds. The van der Waals surface area contributed by atoms with Crippen molar-refractivity contribution in [3.05, 3.63) is 114 Å². The molecule has 4 aromatic carbocycles. The Morgan fingerprint density at radius 2 is 1.42 bits per heavy atom. The van der Waals surface area contributed by atoms with Crippen molar-refractivity contribution in [1.82, 2.24) is 0 Å². The van der Waals surface area contributed by atoms with E-state index >= 15 is 0 Å². The van der Waals surface area contributed by atoms with E-state index in [2.05, 4.69) is 10.0 Å². The molecule has 0 radical (unpaired) electrons. The molecule has 0 saturated heterocycles. The highest BCUT2D eigenvalue weighted by atomic mass is 35.5. The number of hydrogen-bond acceptors (Lipinski definition) is 4. The molecule has 0 aliphatic carbocycles. The first-order chi connectivity index (χ1) is 15.9. The molecule has 0 aromatic heterocycles. The number of nitrogens with one attached hydrogen (secondary N) is 2. The molecular weight excluding hydrogens is 476 g/mol. The van der Waals surface area contributed by atoms with Crippen molar-refractivity contribution < 1.29 is 13.2 Å². The first kappa shape index (κ1) is 22.9. The molecule has 0 fully saturated rings. The molecule has 166 valence electrons. The van der Waals surface area contributed by atoms with Crippen molar-refractivity contribution in [2.45, 2.75) is 14.7 Å². The number of amides is 1. The fourth-order valence-corrected chi connectivity index (χ4v) is 5.30. The lowest BCUT2D eigenvalue weighted by molar-refractivity contribution is 0.102. The number of carbonyl (C=O) groups is 1. The third-order valence-corrected chi connectivity index (χ3v) is 7.42. The van der Waals surface area contributed by atoms with Crippen molar-refractivity contribution in [2.75, 3.05) is 10.0 Å². The maximum atomic E-state index is 12.9. The lowest BCUT2D eigenvalue weighted by atomic mass is 10.2. The first-order valence-corrected chi connectivity index (χ1v) is 12.6. The van der Waals surface area contributed by atoms with Crippen LogP contribution < -0.4 is 10.0 Å². The van der Waals surface area contributed by atoms with E-state index in [1.54, 1.807) is 18.2 Å². The van der Waals surface area contributed by atoms with E-state index in [0.717, 1.165) is 9.79 Å². The maximum Gasteiger partial charge on any atom is 0.261 e. The molecular formula is C25H19ClN2O3S2. The molecule has 0 heterocycles. The van der Waals surface area contributed by atoms with Gasteiger partial charge in [-0.1, -0.05) is 71.9 Å². The van der Waals surface area contributed by atoms with Crippen LogP contribution in [0.1, 0.15) is 10.4 Å². The zero-order valence-electron chi connectivity index (χ0n) is 17.2. The molecule has 0 saturated carbocycles. The summed E-state index contributed by atoms with van der Waals surface area (Å²) in [6.45, 7) is 0. The van der Waals surface area contributed by atoms with Crippen LogP contribution >= 0.6 is 23.4 Å². The number of carbonyl (C=O) groups excluding carboxylic acids is 1. The first-order valence-electron chi connectivity index (χ1n) is 9.93. The van der Waals surface area contributed by atoms with E-state index < -0.39 is 15.9 Å². The van der Waals surface area contributed by atoms with Gasteiger partial charge in [0.1, 0.15) is 0 Å². The molecule has 4 rings (SSSR count). The van der Waals surface area contributed by atoms with E-state index in [-0.39, 0.29) is 21.2 Å². The van der Waals surface area contributed by atoms with Gasteiger partial charge in [0.2, 0.25) is 0 Å². The molecule has 0 aliphatic heterocycles. The normalized spacial score (nSPS) is 11.1. The van der Waals surface area contributed by atoms with Crippen molar-refractivity contribution in [3.63, 3.8) is 0 Å². The summed E-state index contributed by atoms with van der Waals surface area (Å²) < 4.78 is 27.5. The zero-order chi connectivity index (χ0) is 23.3. The molecule has 0 aliphatic rings. The summed E-state index contributed by atoms with van der Waals surface area (Å²) in [5.41, 5.74) is 1.15. The van der Waals surface area contributed by atoms with E-state index in [0.29, 0.717) is 5.69 Å². The van der Waals surface area contributed by atoms with Gasteiger partial charge in [-0.2, -0.15) is 0 Å². The molecule has 5 nitrogen and oxygen atoms in total. The van der Waals surface area contributed by atoms with E-state index in [4.69, 9.17) is 11.6 Å². The Balaban J connectivity index is 1.51. The molecule has 0 spiro atoms. The molecule has 0 atom stereocenters. The standard InChI is InChI=1S/C25H19ClN2O3S2/c26-22-17-18(28-33(30,31)20-11-5-2-6-12-20)15-16-21(22)25(29)27-23-13-7-8-14-24(23)32-19-9-3-1-4-10-19/h1-17,28H,(H,27,29). The Bertz CT molecular complexity index is 1380. The Hall–Kier alpha value is -3.26. The highest BCUT2D eigenvalue weighted by molar-refractivity contribution is 7.99. The summed E-state index contributed by atoms with van der Waals surface area (Å²) in [6, 6.07) is 29.8. The van der Waals surface area contributed by atoms with Gasteiger partial charge in [0, 0.05) is 9.79 Å². The van der Waals surface area contributed by atoms with Crippen LogP contribution in [0.15, 0.2) is 118 Å². The van der Waals surface area contributed by atoms with Crippen molar-refractivity contribution in [1.29, 1.82) is 0 Å². The molecule has 0 unspecified atom stereocenters. The molecule has 8 heteroatoms. The van der Waals surface area contributed by atoms with Crippen LogP contribution in [0.25, 0.3) is 0 Å². The molecule has 0 bridgehead atoms. The van der Waals surface area contributed by atoms with Gasteiger partial charge in [-0.3, -0.25) is 9.52 Å². The fourth-order valence-electron chi connectivity index (χ4n) is 3.04. The highest BCUT2D eigenvalue weighted by Crippen LogP contribution is 2.34. The lowest BCUT2D eigenvalue weighted by Gasteiger charge is -2.13. The number of benzene rings is 4. The lowest BCUT2D eigenvalue weighted by Crippen LogP contribution is -2.15. The topological polar surface area (TPSA) is 75.3 Å². The number of anilines is 2. The average Bonchev–Trinajstić information content (AvgIpc) is 2.81. The van der Waals surface area contributed by atoms with Gasteiger partial charge in [-0.25, -0.2) is 8.42 Å². The van der Waals surface area contributed by atoms with Gasteiger partial charge in [0.05, 0.1) is 26.9 Å². The van der Waals surface area contributed by atoms with Crippen LogP contribution in [0.4, 0.5) is 11.4 Å². The Morgan fingerprint density at radius 1 is 0.788 bits per heavy atom. The number of halogens is 1. The van der Waals surface area contributed by atoms with Gasteiger partial charge >= 0.3 is 0 Å². The highest BCUT2D eigenvalue weighted by Gasteiger charge is 2.17. The van der Waals surface area contributed by atoms with Gasteiger partial charge in [0.15, 0.2) is 0 Å². The van der Waals surface area contributed by atoms with E-state index in [1.807, 2.05) is 54.6 Å². The average molecular weight is 495 g/mol. The fraction of sp³-hybridized carbons (Fsp3) is 0. The third-order valence-electron chi connectivity index (χ3n) is 4.63. The van der Waals surface area contributed by atoms with E-state index in [9.17, 15) is 13.2 Å². The van der Waals surface area contributed by atoms with Crippen molar-refractivity contribution in [2.24, 2.45) is 0 Å². The summed E-state index contributed by atoms with van der Waals surface area (Å²) in [5, 5.41) is 3.03. The third kappa shape index (κ3) is 5.76. The number of sulfonamides is 1. The van der Waals surface area contributed by atoms with Crippen molar-refractivity contribution >= 4 is 50.7 Å². The quantitative estimate of drug-likeness (QED) is 0.305.